The molecule has 19 heavy (non-hydrogen) atoms. The van der Waals surface area contributed by atoms with Crippen molar-refractivity contribution in [3.05, 3.63) is 66.7 Å². The highest BCUT2D eigenvalue weighted by molar-refractivity contribution is 5.83. The van der Waals surface area contributed by atoms with E-state index >= 15 is 0 Å². The summed E-state index contributed by atoms with van der Waals surface area (Å²) in [5, 5.41) is 28.7. The van der Waals surface area contributed by atoms with Gasteiger partial charge in [-0.3, -0.25) is 0 Å². The molecule has 0 saturated carbocycles. The number of hydrogen-bond donors (Lipinski definition) is 3. The van der Waals surface area contributed by atoms with E-state index in [1.165, 1.54) is 24.3 Å². The molecule has 0 aliphatic heterocycles. The summed E-state index contributed by atoms with van der Waals surface area (Å²) in [7, 11) is 0. The zero-order valence-corrected chi connectivity index (χ0v) is 10.2. The van der Waals surface area contributed by atoms with Crippen LogP contribution in [-0.4, -0.2) is 15.3 Å². The Morgan fingerprint density at radius 1 is 0.474 bits per heavy atom. The highest BCUT2D eigenvalue weighted by Crippen LogP contribution is 2.18. The number of hydrogen-bond acceptors (Lipinski definition) is 3. The minimum atomic E-state index is 0.169. The van der Waals surface area contributed by atoms with Crippen LogP contribution in [0, 0.1) is 0 Å². The maximum absolute atomic E-state index is 9.13. The number of aromatic hydroxyl groups is 3. The Morgan fingerprint density at radius 3 is 1.53 bits per heavy atom. The monoisotopic (exact) mass is 254 g/mol. The van der Waals surface area contributed by atoms with Crippen molar-refractivity contribution < 1.29 is 15.3 Å². The molecule has 0 saturated heterocycles. The molecular weight excluding hydrogens is 240 g/mol. The molecule has 0 atom stereocenters. The molecule has 0 aromatic heterocycles. The average Bonchev–Trinajstić information content (AvgIpc) is 2.43. The molecule has 96 valence electrons. The normalized spacial score (nSPS) is 9.68. The molecule has 3 heteroatoms. The van der Waals surface area contributed by atoms with Gasteiger partial charge >= 0.3 is 0 Å². The Hall–Kier alpha value is -2.68. The largest absolute Gasteiger partial charge is 0.508 e. The molecular formula is C16H14O3. The summed E-state index contributed by atoms with van der Waals surface area (Å²) in [6, 6.07) is 19.0. The second-order valence-corrected chi connectivity index (χ2v) is 4.05. The summed E-state index contributed by atoms with van der Waals surface area (Å²) in [6.45, 7) is 0. The number of phenolic OH excluding ortho intramolecular Hbond substituents is 3. The van der Waals surface area contributed by atoms with E-state index in [0.29, 0.717) is 5.75 Å². The lowest BCUT2D eigenvalue weighted by atomic mass is 10.1. The predicted octanol–water partition coefficient (Wildman–Crippen LogP) is 3.64. The minimum absolute atomic E-state index is 0.169. The molecule has 3 nitrogen and oxygen atoms in total. The fraction of sp³-hybridized carbons (Fsp3) is 0. The number of benzene rings is 3. The third-order valence-electron chi connectivity index (χ3n) is 2.58. The number of phenols is 3. The fourth-order valence-electron chi connectivity index (χ4n) is 1.63. The van der Waals surface area contributed by atoms with Gasteiger partial charge in [0.2, 0.25) is 0 Å². The van der Waals surface area contributed by atoms with Crippen molar-refractivity contribution in [1.29, 1.82) is 0 Å². The molecule has 0 unspecified atom stereocenters. The van der Waals surface area contributed by atoms with Gasteiger partial charge < -0.3 is 15.3 Å². The van der Waals surface area contributed by atoms with Crippen molar-refractivity contribution in [3.8, 4) is 17.2 Å². The Morgan fingerprint density at radius 2 is 0.947 bits per heavy atom. The summed E-state index contributed by atoms with van der Waals surface area (Å²) in [5.74, 6) is 0.661. The van der Waals surface area contributed by atoms with Gasteiger partial charge in [0.1, 0.15) is 17.2 Å². The third kappa shape index (κ3) is 3.64. The van der Waals surface area contributed by atoms with Crippen LogP contribution in [0.5, 0.6) is 17.2 Å². The molecule has 0 spiro atoms. The van der Waals surface area contributed by atoms with Gasteiger partial charge in [-0.25, -0.2) is 0 Å². The summed E-state index contributed by atoms with van der Waals surface area (Å²) in [5.41, 5.74) is 0. The van der Waals surface area contributed by atoms with Gasteiger partial charge in [0, 0.05) is 0 Å². The second kappa shape index (κ2) is 5.78. The Labute approximate surface area is 111 Å². The number of rotatable bonds is 0. The quantitative estimate of drug-likeness (QED) is 0.537. The Balaban J connectivity index is 0.000000148. The van der Waals surface area contributed by atoms with Gasteiger partial charge in [-0.05, 0) is 47.2 Å². The zero-order valence-electron chi connectivity index (χ0n) is 10.2. The lowest BCUT2D eigenvalue weighted by Gasteiger charge is -1.96. The molecule has 3 rings (SSSR count). The molecule has 0 aliphatic rings. The van der Waals surface area contributed by atoms with E-state index in [1.807, 2.05) is 30.3 Å². The van der Waals surface area contributed by atoms with E-state index in [-0.39, 0.29) is 11.5 Å². The SMILES string of the molecule is Oc1ccc(O)cc1.Oc1ccc2ccccc2c1. The van der Waals surface area contributed by atoms with Crippen LogP contribution in [0.25, 0.3) is 10.8 Å². The maximum Gasteiger partial charge on any atom is 0.116 e. The summed E-state index contributed by atoms with van der Waals surface area (Å²) < 4.78 is 0. The first-order valence-corrected chi connectivity index (χ1v) is 5.81. The highest BCUT2D eigenvalue weighted by atomic mass is 16.3. The Bertz CT molecular complexity index is 639. The second-order valence-electron chi connectivity index (χ2n) is 4.05. The maximum atomic E-state index is 9.13. The van der Waals surface area contributed by atoms with E-state index in [9.17, 15) is 0 Å². The van der Waals surface area contributed by atoms with E-state index in [2.05, 4.69) is 0 Å². The Kier molecular flexibility index (Phi) is 3.88. The molecule has 0 amide bonds. The number of fused-ring (bicyclic) bond motifs is 1. The van der Waals surface area contributed by atoms with E-state index in [0.717, 1.165) is 10.8 Å². The van der Waals surface area contributed by atoms with Crippen molar-refractivity contribution >= 4 is 10.8 Å². The summed E-state index contributed by atoms with van der Waals surface area (Å²) in [6.07, 6.45) is 0. The van der Waals surface area contributed by atoms with Gasteiger partial charge in [-0.1, -0.05) is 30.3 Å². The molecule has 3 aromatic carbocycles. The van der Waals surface area contributed by atoms with Gasteiger partial charge in [-0.15, -0.1) is 0 Å². The van der Waals surface area contributed by atoms with Gasteiger partial charge in [0.25, 0.3) is 0 Å². The predicted molar refractivity (Wildman–Crippen MR) is 75.4 cm³/mol. The molecule has 3 aromatic rings. The lowest BCUT2D eigenvalue weighted by Crippen LogP contribution is -1.69. The van der Waals surface area contributed by atoms with Crippen LogP contribution < -0.4 is 0 Å². The van der Waals surface area contributed by atoms with Crippen LogP contribution >= 0.6 is 0 Å². The molecule has 3 N–H and O–H groups in total. The molecule has 0 aliphatic carbocycles. The van der Waals surface area contributed by atoms with E-state index < -0.39 is 0 Å². The summed E-state index contributed by atoms with van der Waals surface area (Å²) >= 11 is 0. The van der Waals surface area contributed by atoms with Crippen molar-refractivity contribution in [2.24, 2.45) is 0 Å². The average molecular weight is 254 g/mol. The lowest BCUT2D eigenvalue weighted by molar-refractivity contribution is 0.460. The van der Waals surface area contributed by atoms with Crippen LogP contribution in [0.1, 0.15) is 0 Å². The van der Waals surface area contributed by atoms with Crippen LogP contribution in [0.2, 0.25) is 0 Å². The van der Waals surface area contributed by atoms with Crippen LogP contribution in [0.15, 0.2) is 66.7 Å². The molecule has 0 bridgehead atoms. The molecule has 0 heterocycles. The minimum Gasteiger partial charge on any atom is -0.508 e. The first-order valence-electron chi connectivity index (χ1n) is 5.81. The fourth-order valence-corrected chi connectivity index (χ4v) is 1.63. The van der Waals surface area contributed by atoms with Gasteiger partial charge in [0.05, 0.1) is 0 Å². The standard InChI is InChI=1S/C10H8O.C6H6O2/c11-10-6-5-8-3-1-2-4-9(8)7-10;7-5-1-2-6(8)4-3-5/h1-7,11H;1-4,7-8H. The molecule has 0 radical (unpaired) electrons. The molecule has 0 fully saturated rings. The van der Waals surface area contributed by atoms with Gasteiger partial charge in [0.15, 0.2) is 0 Å². The topological polar surface area (TPSA) is 60.7 Å². The van der Waals surface area contributed by atoms with Crippen molar-refractivity contribution in [2.45, 2.75) is 0 Å². The first-order chi connectivity index (χ1) is 9.15. The van der Waals surface area contributed by atoms with Crippen LogP contribution in [-0.2, 0) is 0 Å². The summed E-state index contributed by atoms with van der Waals surface area (Å²) in [4.78, 5) is 0. The van der Waals surface area contributed by atoms with Crippen molar-refractivity contribution in [1.82, 2.24) is 0 Å². The van der Waals surface area contributed by atoms with Crippen molar-refractivity contribution in [2.75, 3.05) is 0 Å². The van der Waals surface area contributed by atoms with E-state index in [4.69, 9.17) is 15.3 Å². The first kappa shape index (κ1) is 12.8. The zero-order chi connectivity index (χ0) is 13.7. The highest BCUT2D eigenvalue weighted by Gasteiger charge is 1.91. The van der Waals surface area contributed by atoms with E-state index in [1.54, 1.807) is 12.1 Å². The van der Waals surface area contributed by atoms with Crippen LogP contribution in [0.4, 0.5) is 0 Å². The van der Waals surface area contributed by atoms with Crippen LogP contribution in [0.3, 0.4) is 0 Å². The third-order valence-corrected chi connectivity index (χ3v) is 2.58. The smallest absolute Gasteiger partial charge is 0.116 e. The van der Waals surface area contributed by atoms with Crippen molar-refractivity contribution in [3.63, 3.8) is 0 Å². The van der Waals surface area contributed by atoms with Gasteiger partial charge in [-0.2, -0.15) is 0 Å².